The van der Waals surface area contributed by atoms with E-state index in [4.69, 9.17) is 0 Å². The molecule has 0 radical (unpaired) electrons. The molecule has 2 aromatic rings. The SMILES string of the molecule is Cc1ccc(C[C@H](C)NC(=O)N2CCN(c3ncccn3)CC2)s1. The van der Waals surface area contributed by atoms with Crippen LogP contribution < -0.4 is 10.2 Å². The molecule has 1 aliphatic rings. The second kappa shape index (κ2) is 7.61. The first-order valence-corrected chi connectivity index (χ1v) is 9.06. The maximum atomic E-state index is 12.4. The first kappa shape index (κ1) is 16.7. The van der Waals surface area contributed by atoms with Crippen LogP contribution in [-0.4, -0.2) is 53.1 Å². The largest absolute Gasteiger partial charge is 0.337 e. The first-order valence-electron chi connectivity index (χ1n) is 8.24. The molecule has 0 saturated carbocycles. The fourth-order valence-electron chi connectivity index (χ4n) is 2.81. The summed E-state index contributed by atoms with van der Waals surface area (Å²) in [5.74, 6) is 0.735. The van der Waals surface area contributed by atoms with Crippen molar-refractivity contribution in [2.24, 2.45) is 0 Å². The van der Waals surface area contributed by atoms with E-state index >= 15 is 0 Å². The molecule has 1 saturated heterocycles. The molecule has 3 heterocycles. The van der Waals surface area contributed by atoms with Gasteiger partial charge in [-0.15, -0.1) is 11.3 Å². The zero-order chi connectivity index (χ0) is 16.9. The van der Waals surface area contributed by atoms with Gasteiger partial charge in [-0.25, -0.2) is 14.8 Å². The predicted molar refractivity (Wildman–Crippen MR) is 96.6 cm³/mol. The standard InChI is InChI=1S/C17H23N5OS/c1-13(12-15-5-4-14(2)24-15)20-17(23)22-10-8-21(9-11-22)16-18-6-3-7-19-16/h3-7,13H,8-12H2,1-2H3,(H,20,23)/t13-/m0/s1. The number of urea groups is 1. The fraction of sp³-hybridized carbons (Fsp3) is 0.471. The number of thiophene rings is 1. The number of nitrogens with zero attached hydrogens (tertiary/aromatic N) is 4. The highest BCUT2D eigenvalue weighted by Gasteiger charge is 2.23. The van der Waals surface area contributed by atoms with Crippen LogP contribution in [0.3, 0.4) is 0 Å². The lowest BCUT2D eigenvalue weighted by Gasteiger charge is -2.35. The van der Waals surface area contributed by atoms with Crippen molar-refractivity contribution < 1.29 is 4.79 Å². The van der Waals surface area contributed by atoms with Gasteiger partial charge in [-0.3, -0.25) is 0 Å². The van der Waals surface area contributed by atoms with Crippen molar-refractivity contribution in [1.82, 2.24) is 20.2 Å². The minimum atomic E-state index is 0.0180. The maximum Gasteiger partial charge on any atom is 0.317 e. The Kier molecular flexibility index (Phi) is 5.30. The van der Waals surface area contributed by atoms with Crippen LogP contribution in [0.1, 0.15) is 16.7 Å². The van der Waals surface area contributed by atoms with Gasteiger partial charge in [0.05, 0.1) is 0 Å². The van der Waals surface area contributed by atoms with Crippen molar-refractivity contribution in [2.75, 3.05) is 31.1 Å². The van der Waals surface area contributed by atoms with E-state index in [0.717, 1.165) is 25.5 Å². The number of anilines is 1. The van der Waals surface area contributed by atoms with Crippen molar-refractivity contribution in [3.05, 3.63) is 40.3 Å². The third-order valence-electron chi connectivity index (χ3n) is 4.08. The van der Waals surface area contributed by atoms with E-state index in [0.29, 0.717) is 13.1 Å². The molecule has 6 nitrogen and oxygen atoms in total. The van der Waals surface area contributed by atoms with Crippen LogP contribution >= 0.6 is 11.3 Å². The predicted octanol–water partition coefficient (Wildman–Crippen LogP) is 2.31. The summed E-state index contributed by atoms with van der Waals surface area (Å²) in [6.45, 7) is 7.06. The van der Waals surface area contributed by atoms with E-state index in [2.05, 4.69) is 46.2 Å². The van der Waals surface area contributed by atoms with Gasteiger partial charge in [0, 0.05) is 60.8 Å². The number of carbonyl (C=O) groups excluding carboxylic acids is 1. The summed E-state index contributed by atoms with van der Waals surface area (Å²) in [7, 11) is 0. The number of aromatic nitrogens is 2. The Labute approximate surface area is 146 Å². The lowest BCUT2D eigenvalue weighted by molar-refractivity contribution is 0.191. The van der Waals surface area contributed by atoms with Gasteiger partial charge in [0.1, 0.15) is 0 Å². The second-order valence-corrected chi connectivity index (χ2v) is 7.46. The van der Waals surface area contributed by atoms with Crippen molar-refractivity contribution in [1.29, 1.82) is 0 Å². The highest BCUT2D eigenvalue weighted by atomic mass is 32.1. The molecule has 1 aliphatic heterocycles. The minimum Gasteiger partial charge on any atom is -0.337 e. The Balaban J connectivity index is 1.46. The Morgan fingerprint density at radius 3 is 2.58 bits per heavy atom. The Bertz CT molecular complexity index is 667. The van der Waals surface area contributed by atoms with E-state index < -0.39 is 0 Å². The highest BCUT2D eigenvalue weighted by molar-refractivity contribution is 7.11. The normalized spacial score (nSPS) is 16.1. The molecule has 7 heteroatoms. The van der Waals surface area contributed by atoms with E-state index in [1.165, 1.54) is 9.75 Å². The summed E-state index contributed by atoms with van der Waals surface area (Å²) in [4.78, 5) is 27.6. The summed E-state index contributed by atoms with van der Waals surface area (Å²) >= 11 is 1.79. The van der Waals surface area contributed by atoms with Crippen LogP contribution in [0.2, 0.25) is 0 Å². The van der Waals surface area contributed by atoms with Gasteiger partial charge in [-0.1, -0.05) is 0 Å². The molecule has 0 bridgehead atoms. The highest BCUT2D eigenvalue weighted by Crippen LogP contribution is 2.17. The lowest BCUT2D eigenvalue weighted by Crippen LogP contribution is -2.53. The number of aryl methyl sites for hydroxylation is 1. The fourth-order valence-corrected chi connectivity index (χ4v) is 3.83. The Hall–Kier alpha value is -2.15. The van der Waals surface area contributed by atoms with Gasteiger partial charge in [0.15, 0.2) is 0 Å². The lowest BCUT2D eigenvalue weighted by atomic mass is 10.2. The Morgan fingerprint density at radius 2 is 1.96 bits per heavy atom. The number of amides is 2. The monoisotopic (exact) mass is 345 g/mol. The Morgan fingerprint density at radius 1 is 1.25 bits per heavy atom. The average molecular weight is 345 g/mol. The average Bonchev–Trinajstić information content (AvgIpc) is 3.00. The number of hydrogen-bond acceptors (Lipinski definition) is 5. The van der Waals surface area contributed by atoms with Crippen LogP contribution in [0.15, 0.2) is 30.6 Å². The molecule has 1 N–H and O–H groups in total. The van der Waals surface area contributed by atoms with Crippen molar-refractivity contribution in [3.8, 4) is 0 Å². The minimum absolute atomic E-state index is 0.0180. The molecule has 3 rings (SSSR count). The molecule has 0 aromatic carbocycles. The van der Waals surface area contributed by atoms with Gasteiger partial charge in [-0.05, 0) is 32.0 Å². The molecule has 2 aromatic heterocycles. The van der Waals surface area contributed by atoms with E-state index in [9.17, 15) is 4.79 Å². The molecule has 128 valence electrons. The third kappa shape index (κ3) is 4.23. The summed E-state index contributed by atoms with van der Waals surface area (Å²) in [6, 6.07) is 6.22. The van der Waals surface area contributed by atoms with E-state index in [-0.39, 0.29) is 12.1 Å². The molecule has 1 atom stereocenters. The zero-order valence-electron chi connectivity index (χ0n) is 14.1. The number of rotatable bonds is 4. The van der Waals surface area contributed by atoms with Crippen molar-refractivity contribution in [3.63, 3.8) is 0 Å². The third-order valence-corrected chi connectivity index (χ3v) is 5.10. The van der Waals surface area contributed by atoms with Crippen LogP contribution in [0, 0.1) is 6.92 Å². The maximum absolute atomic E-state index is 12.4. The van der Waals surface area contributed by atoms with Gasteiger partial charge in [0.25, 0.3) is 0 Å². The topological polar surface area (TPSA) is 61.4 Å². The van der Waals surface area contributed by atoms with Gasteiger partial charge >= 0.3 is 6.03 Å². The molecular formula is C17H23N5OS. The summed E-state index contributed by atoms with van der Waals surface area (Å²) in [6.07, 6.45) is 4.37. The van der Waals surface area contributed by atoms with Gasteiger partial charge < -0.3 is 15.1 Å². The molecule has 24 heavy (non-hydrogen) atoms. The van der Waals surface area contributed by atoms with E-state index in [1.54, 1.807) is 23.7 Å². The number of nitrogens with one attached hydrogen (secondary N) is 1. The van der Waals surface area contributed by atoms with Gasteiger partial charge in [0.2, 0.25) is 5.95 Å². The van der Waals surface area contributed by atoms with E-state index in [1.807, 2.05) is 11.0 Å². The molecule has 2 amide bonds. The molecule has 1 fully saturated rings. The molecule has 0 unspecified atom stereocenters. The van der Waals surface area contributed by atoms with Crippen LogP contribution in [0.25, 0.3) is 0 Å². The number of piperazine rings is 1. The first-order chi connectivity index (χ1) is 11.6. The zero-order valence-corrected chi connectivity index (χ0v) is 14.9. The smallest absolute Gasteiger partial charge is 0.317 e. The molecular weight excluding hydrogens is 322 g/mol. The number of carbonyl (C=O) groups is 1. The summed E-state index contributed by atoms with van der Waals surface area (Å²) in [5.41, 5.74) is 0. The van der Waals surface area contributed by atoms with Crippen LogP contribution in [-0.2, 0) is 6.42 Å². The molecule has 0 aliphatic carbocycles. The summed E-state index contributed by atoms with van der Waals surface area (Å²) < 4.78 is 0. The quantitative estimate of drug-likeness (QED) is 0.924. The number of hydrogen-bond donors (Lipinski definition) is 1. The molecule has 0 spiro atoms. The van der Waals surface area contributed by atoms with Crippen molar-refractivity contribution >= 4 is 23.3 Å². The van der Waals surface area contributed by atoms with Gasteiger partial charge in [-0.2, -0.15) is 0 Å². The second-order valence-electron chi connectivity index (χ2n) is 6.09. The van der Waals surface area contributed by atoms with Crippen LogP contribution in [0.5, 0.6) is 0 Å². The summed E-state index contributed by atoms with van der Waals surface area (Å²) in [5, 5.41) is 3.11. The van der Waals surface area contributed by atoms with Crippen LogP contribution in [0.4, 0.5) is 10.7 Å². The van der Waals surface area contributed by atoms with Crippen molar-refractivity contribution in [2.45, 2.75) is 26.3 Å².